The van der Waals surface area contributed by atoms with Crippen LogP contribution in [-0.4, -0.2) is 48.3 Å². The van der Waals surface area contributed by atoms with E-state index < -0.39 is 11.9 Å². The monoisotopic (exact) mass is 423 g/mol. The molecule has 1 aliphatic carbocycles. The lowest BCUT2D eigenvalue weighted by Gasteiger charge is -2.20. The normalized spacial score (nSPS) is 23.0. The van der Waals surface area contributed by atoms with Crippen LogP contribution >= 0.6 is 0 Å². The summed E-state index contributed by atoms with van der Waals surface area (Å²) in [6.45, 7) is 4.21. The van der Waals surface area contributed by atoms with Crippen molar-refractivity contribution >= 4 is 5.97 Å². The number of carboxylic acid groups (broad SMARTS) is 1. The third-order valence-electron chi connectivity index (χ3n) is 6.13. The van der Waals surface area contributed by atoms with Gasteiger partial charge in [0.05, 0.1) is 6.07 Å². The van der Waals surface area contributed by atoms with E-state index in [9.17, 15) is 9.18 Å². The third-order valence-corrected chi connectivity index (χ3v) is 6.13. The fourth-order valence-corrected chi connectivity index (χ4v) is 4.48. The van der Waals surface area contributed by atoms with Crippen molar-refractivity contribution in [2.45, 2.75) is 19.0 Å². The van der Waals surface area contributed by atoms with E-state index in [4.69, 9.17) is 15.1 Å². The molecule has 1 saturated carbocycles. The highest BCUT2D eigenvalue weighted by molar-refractivity contribution is 5.73. The molecule has 0 bridgehead atoms. The first-order chi connectivity index (χ1) is 15.0. The van der Waals surface area contributed by atoms with E-state index in [0.717, 1.165) is 43.1 Å². The molecular formula is C24H26FN3O3. The SMILES string of the molecule is N#C[C@H](Cc1ccc(OCCNC2C3CN(Cc4cccc(F)c4)C[C@@H]32)cc1)C(=O)O. The largest absolute Gasteiger partial charge is 0.492 e. The fraction of sp³-hybridized carbons (Fsp3) is 0.417. The third kappa shape index (κ3) is 5.40. The first-order valence-electron chi connectivity index (χ1n) is 10.6. The summed E-state index contributed by atoms with van der Waals surface area (Å²) in [5.41, 5.74) is 1.82. The molecule has 162 valence electrons. The maximum Gasteiger partial charge on any atom is 0.321 e. The second-order valence-corrected chi connectivity index (χ2v) is 8.35. The van der Waals surface area contributed by atoms with Gasteiger partial charge in [0, 0.05) is 32.2 Å². The first kappa shape index (κ1) is 21.3. The number of nitrogens with one attached hydrogen (secondary N) is 1. The molecule has 2 fully saturated rings. The summed E-state index contributed by atoms with van der Waals surface area (Å²) in [7, 11) is 0. The second-order valence-electron chi connectivity index (χ2n) is 8.35. The van der Waals surface area contributed by atoms with Gasteiger partial charge >= 0.3 is 5.97 Å². The molecular weight excluding hydrogens is 397 g/mol. The van der Waals surface area contributed by atoms with Crippen molar-refractivity contribution in [1.82, 2.24) is 10.2 Å². The number of hydrogen-bond donors (Lipinski definition) is 2. The van der Waals surface area contributed by atoms with Crippen LogP contribution < -0.4 is 10.1 Å². The van der Waals surface area contributed by atoms with Crippen molar-refractivity contribution in [1.29, 1.82) is 5.26 Å². The van der Waals surface area contributed by atoms with Gasteiger partial charge < -0.3 is 15.2 Å². The lowest BCUT2D eigenvalue weighted by molar-refractivity contribution is -0.139. The Labute approximate surface area is 181 Å². The molecule has 2 aromatic carbocycles. The standard InChI is InChI=1S/C24H26FN3O3/c25-19-3-1-2-17(11-19)13-28-14-21-22(15-28)23(21)27-8-9-31-20-6-4-16(5-7-20)10-18(12-26)24(29)30/h1-7,11,18,21-23,27H,8-10,13-15H2,(H,29,30)/t18-,21-,22?,23?/m0/s1. The van der Waals surface area contributed by atoms with Crippen LogP contribution in [0.25, 0.3) is 0 Å². The molecule has 4 rings (SSSR count). The molecule has 2 N–H and O–H groups in total. The molecule has 2 aromatic rings. The summed E-state index contributed by atoms with van der Waals surface area (Å²) in [5, 5.41) is 21.4. The first-order valence-corrected chi connectivity index (χ1v) is 10.6. The van der Waals surface area contributed by atoms with Crippen molar-refractivity contribution in [3.8, 4) is 11.8 Å². The zero-order chi connectivity index (χ0) is 21.8. The molecule has 7 heteroatoms. The predicted molar refractivity (Wildman–Crippen MR) is 113 cm³/mol. The number of rotatable bonds is 10. The van der Waals surface area contributed by atoms with Gasteiger partial charge in [-0.15, -0.1) is 0 Å². The molecule has 31 heavy (non-hydrogen) atoms. The van der Waals surface area contributed by atoms with Gasteiger partial charge in [0.2, 0.25) is 0 Å². The number of carboxylic acids is 1. The molecule has 1 heterocycles. The lowest BCUT2D eigenvalue weighted by atomic mass is 10.0. The number of nitrogens with zero attached hydrogens (tertiary/aromatic N) is 2. The highest BCUT2D eigenvalue weighted by Crippen LogP contribution is 2.45. The molecule has 0 radical (unpaired) electrons. The van der Waals surface area contributed by atoms with Crippen LogP contribution in [0.1, 0.15) is 11.1 Å². The Morgan fingerprint density at radius 2 is 1.97 bits per heavy atom. The maximum absolute atomic E-state index is 13.3. The summed E-state index contributed by atoms with van der Waals surface area (Å²) in [6, 6.07) is 16.4. The van der Waals surface area contributed by atoms with Crippen LogP contribution in [-0.2, 0) is 17.8 Å². The molecule has 2 unspecified atom stereocenters. The Bertz CT molecular complexity index is 947. The van der Waals surface area contributed by atoms with Crippen LogP contribution in [0, 0.1) is 34.9 Å². The molecule has 0 amide bonds. The average molecular weight is 423 g/mol. The van der Waals surface area contributed by atoms with Gasteiger partial charge in [-0.3, -0.25) is 9.69 Å². The fourth-order valence-electron chi connectivity index (χ4n) is 4.48. The van der Waals surface area contributed by atoms with Gasteiger partial charge in [0.1, 0.15) is 24.1 Å². The molecule has 4 atom stereocenters. The Kier molecular flexibility index (Phi) is 6.50. The lowest BCUT2D eigenvalue weighted by Crippen LogP contribution is -2.33. The Balaban J connectivity index is 1.12. The van der Waals surface area contributed by atoms with Crippen LogP contribution in [0.5, 0.6) is 5.75 Å². The summed E-state index contributed by atoms with van der Waals surface area (Å²) in [4.78, 5) is 13.3. The quantitative estimate of drug-likeness (QED) is 0.572. The number of halogens is 1. The summed E-state index contributed by atoms with van der Waals surface area (Å²) >= 11 is 0. The number of fused-ring (bicyclic) bond motifs is 1. The van der Waals surface area contributed by atoms with Gasteiger partial charge in [-0.05, 0) is 53.6 Å². The number of hydrogen-bond acceptors (Lipinski definition) is 5. The Morgan fingerprint density at radius 1 is 1.23 bits per heavy atom. The molecule has 1 saturated heterocycles. The van der Waals surface area contributed by atoms with E-state index in [0.29, 0.717) is 24.5 Å². The number of ether oxygens (including phenoxy) is 1. The van der Waals surface area contributed by atoms with Crippen LogP contribution in [0.15, 0.2) is 48.5 Å². The Morgan fingerprint density at radius 3 is 2.61 bits per heavy atom. The van der Waals surface area contributed by atoms with E-state index >= 15 is 0 Å². The van der Waals surface area contributed by atoms with Gasteiger partial charge in [-0.2, -0.15) is 5.26 Å². The number of nitriles is 1. The van der Waals surface area contributed by atoms with Crippen LogP contribution in [0.3, 0.4) is 0 Å². The van der Waals surface area contributed by atoms with Gasteiger partial charge in [-0.25, -0.2) is 4.39 Å². The second kappa shape index (κ2) is 9.46. The van der Waals surface area contributed by atoms with Crippen molar-refractivity contribution in [3.63, 3.8) is 0 Å². The van der Waals surface area contributed by atoms with Crippen molar-refractivity contribution in [3.05, 3.63) is 65.5 Å². The molecule has 1 aliphatic heterocycles. The summed E-state index contributed by atoms with van der Waals surface area (Å²) in [6.07, 6.45) is 0.189. The molecule has 0 spiro atoms. The van der Waals surface area contributed by atoms with E-state index in [1.54, 1.807) is 30.3 Å². The van der Waals surface area contributed by atoms with E-state index in [-0.39, 0.29) is 12.2 Å². The number of piperidine rings is 1. The molecule has 2 aliphatic rings. The zero-order valence-electron chi connectivity index (χ0n) is 17.2. The predicted octanol–water partition coefficient (Wildman–Crippen LogP) is 2.69. The number of likely N-dealkylation sites (tertiary alicyclic amines) is 1. The Hall–Kier alpha value is -2.95. The minimum absolute atomic E-state index is 0.178. The minimum Gasteiger partial charge on any atom is -0.492 e. The molecule has 0 aromatic heterocycles. The van der Waals surface area contributed by atoms with E-state index in [2.05, 4.69) is 10.2 Å². The molecule has 6 nitrogen and oxygen atoms in total. The topological polar surface area (TPSA) is 85.6 Å². The number of benzene rings is 2. The van der Waals surface area contributed by atoms with Crippen molar-refractivity contribution < 1.29 is 19.0 Å². The van der Waals surface area contributed by atoms with E-state index in [1.807, 2.05) is 18.2 Å². The van der Waals surface area contributed by atoms with Crippen LogP contribution in [0.2, 0.25) is 0 Å². The van der Waals surface area contributed by atoms with E-state index in [1.165, 1.54) is 6.07 Å². The average Bonchev–Trinajstić information content (AvgIpc) is 3.20. The minimum atomic E-state index is -1.10. The van der Waals surface area contributed by atoms with Gasteiger partial charge in [-0.1, -0.05) is 24.3 Å². The number of carbonyl (C=O) groups is 1. The van der Waals surface area contributed by atoms with Gasteiger partial charge in [0.15, 0.2) is 0 Å². The van der Waals surface area contributed by atoms with Crippen LogP contribution in [0.4, 0.5) is 4.39 Å². The highest BCUT2D eigenvalue weighted by Gasteiger charge is 2.55. The maximum atomic E-state index is 13.3. The van der Waals surface area contributed by atoms with Crippen molar-refractivity contribution in [2.75, 3.05) is 26.2 Å². The summed E-state index contributed by atoms with van der Waals surface area (Å²) < 4.78 is 19.1. The zero-order valence-corrected chi connectivity index (χ0v) is 17.2. The van der Waals surface area contributed by atoms with Crippen molar-refractivity contribution in [2.24, 2.45) is 17.8 Å². The number of aliphatic carboxylic acids is 1. The van der Waals surface area contributed by atoms with Gasteiger partial charge in [0.25, 0.3) is 0 Å². The summed E-state index contributed by atoms with van der Waals surface area (Å²) in [5.74, 6) is -0.255. The smallest absolute Gasteiger partial charge is 0.321 e. The highest BCUT2D eigenvalue weighted by atomic mass is 19.1.